The van der Waals surface area contributed by atoms with Gasteiger partial charge in [0.15, 0.2) is 0 Å². The summed E-state index contributed by atoms with van der Waals surface area (Å²) in [5, 5.41) is 0. The van der Waals surface area contributed by atoms with Gasteiger partial charge in [0.05, 0.1) is 0 Å². The van der Waals surface area contributed by atoms with Crippen LogP contribution in [0.5, 0.6) is 0 Å². The fourth-order valence-corrected chi connectivity index (χ4v) is 1.36. The lowest BCUT2D eigenvalue weighted by molar-refractivity contribution is -0.104. The number of carbonyl (C=O) groups excluding carboxylic acids is 1. The summed E-state index contributed by atoms with van der Waals surface area (Å²) in [5.41, 5.74) is 4.25. The molecule has 0 N–H and O–H groups in total. The molecule has 0 heterocycles. The monoisotopic (exact) mass is 200 g/mol. The zero-order valence-corrected chi connectivity index (χ0v) is 9.45. The van der Waals surface area contributed by atoms with Crippen molar-refractivity contribution in [3.63, 3.8) is 0 Å². The van der Waals surface area contributed by atoms with Crippen LogP contribution in [-0.2, 0) is 4.79 Å². The minimum absolute atomic E-state index is 0.746. The second-order valence-electron chi connectivity index (χ2n) is 3.81. The van der Waals surface area contributed by atoms with E-state index in [1.807, 2.05) is 13.0 Å². The maximum Gasteiger partial charge on any atom is 0.145 e. The largest absolute Gasteiger partial charge is 0.298 e. The molecule has 0 aromatic heterocycles. The number of aryl methyl sites for hydroxylation is 1. The summed E-state index contributed by atoms with van der Waals surface area (Å²) in [6.45, 7) is 5.86. The molecule has 0 saturated heterocycles. The van der Waals surface area contributed by atoms with Crippen LogP contribution in [-0.4, -0.2) is 6.29 Å². The molecule has 1 rings (SSSR count). The number of hydrogen-bond donors (Lipinski definition) is 0. The number of carbonyl (C=O) groups is 1. The fourth-order valence-electron chi connectivity index (χ4n) is 1.36. The molecular formula is C14H16O. The van der Waals surface area contributed by atoms with Crippen LogP contribution in [0.3, 0.4) is 0 Å². The Labute approximate surface area is 91.1 Å². The Bertz CT molecular complexity index is 394. The van der Waals surface area contributed by atoms with Crippen LogP contribution in [0.2, 0.25) is 0 Å². The van der Waals surface area contributed by atoms with E-state index in [-0.39, 0.29) is 0 Å². The van der Waals surface area contributed by atoms with E-state index in [0.29, 0.717) is 0 Å². The van der Waals surface area contributed by atoms with Crippen LogP contribution in [0.4, 0.5) is 0 Å². The van der Waals surface area contributed by atoms with E-state index in [1.54, 1.807) is 6.92 Å². The van der Waals surface area contributed by atoms with Gasteiger partial charge in [-0.05, 0) is 31.9 Å². The Balaban J connectivity index is 2.87. The van der Waals surface area contributed by atoms with Gasteiger partial charge in [0, 0.05) is 0 Å². The average molecular weight is 200 g/mol. The third kappa shape index (κ3) is 3.94. The van der Waals surface area contributed by atoms with Gasteiger partial charge in [-0.2, -0.15) is 0 Å². The molecule has 0 saturated carbocycles. The maximum absolute atomic E-state index is 10.4. The first kappa shape index (κ1) is 11.4. The van der Waals surface area contributed by atoms with Gasteiger partial charge in [0.1, 0.15) is 6.29 Å². The van der Waals surface area contributed by atoms with Gasteiger partial charge >= 0.3 is 0 Å². The summed E-state index contributed by atoms with van der Waals surface area (Å²) in [6.07, 6.45) is 4.81. The van der Waals surface area contributed by atoms with E-state index >= 15 is 0 Å². The Kier molecular flexibility index (Phi) is 4.04. The average Bonchev–Trinajstić information content (AvgIpc) is 2.21. The molecular weight excluding hydrogens is 184 g/mol. The smallest absolute Gasteiger partial charge is 0.145 e. The summed E-state index contributed by atoms with van der Waals surface area (Å²) >= 11 is 0. The first-order valence-electron chi connectivity index (χ1n) is 5.00. The third-order valence-electron chi connectivity index (χ3n) is 2.11. The van der Waals surface area contributed by atoms with Crippen LogP contribution in [0.15, 0.2) is 41.5 Å². The first-order chi connectivity index (χ1) is 7.11. The van der Waals surface area contributed by atoms with Crippen molar-refractivity contribution in [3.05, 3.63) is 52.6 Å². The van der Waals surface area contributed by atoms with Crippen molar-refractivity contribution in [1.29, 1.82) is 0 Å². The lowest BCUT2D eigenvalue weighted by Crippen LogP contribution is -1.79. The molecule has 1 aromatic rings. The molecule has 0 aliphatic heterocycles. The number of benzene rings is 1. The summed E-state index contributed by atoms with van der Waals surface area (Å²) in [6, 6.07) is 8.30. The lowest BCUT2D eigenvalue weighted by atomic mass is 10.1. The SMILES string of the molecule is CC(=C/c1ccc(C)cc1)/C=C(\C)C=O. The minimum Gasteiger partial charge on any atom is -0.298 e. The molecule has 0 bridgehead atoms. The maximum atomic E-state index is 10.4. The number of rotatable bonds is 3. The number of hydrogen-bond acceptors (Lipinski definition) is 1. The lowest BCUT2D eigenvalue weighted by Gasteiger charge is -1.97. The molecule has 1 nitrogen and oxygen atoms in total. The zero-order valence-electron chi connectivity index (χ0n) is 9.45. The predicted molar refractivity (Wildman–Crippen MR) is 64.7 cm³/mol. The Morgan fingerprint density at radius 2 is 1.67 bits per heavy atom. The molecule has 0 radical (unpaired) electrons. The van der Waals surface area contributed by atoms with Crippen molar-refractivity contribution < 1.29 is 4.79 Å². The Hall–Kier alpha value is -1.63. The van der Waals surface area contributed by atoms with E-state index in [1.165, 1.54) is 5.56 Å². The van der Waals surface area contributed by atoms with Crippen LogP contribution in [0.1, 0.15) is 25.0 Å². The van der Waals surface area contributed by atoms with E-state index < -0.39 is 0 Å². The minimum atomic E-state index is 0.746. The van der Waals surface area contributed by atoms with Gasteiger partial charge in [0.25, 0.3) is 0 Å². The molecule has 78 valence electrons. The van der Waals surface area contributed by atoms with E-state index in [9.17, 15) is 4.79 Å². The van der Waals surface area contributed by atoms with Gasteiger partial charge < -0.3 is 0 Å². The van der Waals surface area contributed by atoms with Gasteiger partial charge in [-0.1, -0.05) is 47.6 Å². The molecule has 0 aliphatic rings. The van der Waals surface area contributed by atoms with Crippen molar-refractivity contribution in [2.45, 2.75) is 20.8 Å². The molecule has 1 heteroatoms. The quantitative estimate of drug-likeness (QED) is 0.414. The highest BCUT2D eigenvalue weighted by Crippen LogP contribution is 2.10. The highest BCUT2D eigenvalue weighted by molar-refractivity contribution is 5.74. The van der Waals surface area contributed by atoms with Crippen molar-refractivity contribution in [2.75, 3.05) is 0 Å². The first-order valence-corrected chi connectivity index (χ1v) is 5.00. The van der Waals surface area contributed by atoms with Crippen LogP contribution in [0.25, 0.3) is 6.08 Å². The second-order valence-corrected chi connectivity index (χ2v) is 3.81. The third-order valence-corrected chi connectivity index (χ3v) is 2.11. The summed E-state index contributed by atoms with van der Waals surface area (Å²) in [7, 11) is 0. The second kappa shape index (κ2) is 5.30. The standard InChI is InChI=1S/C14H16O/c1-11-4-6-14(7-5-11)9-12(2)8-13(3)10-15/h4-10H,1-3H3/b12-9-,13-8+. The van der Waals surface area contributed by atoms with Crippen LogP contribution < -0.4 is 0 Å². The van der Waals surface area contributed by atoms with Crippen molar-refractivity contribution >= 4 is 12.4 Å². The molecule has 0 unspecified atom stereocenters. The summed E-state index contributed by atoms with van der Waals surface area (Å²) < 4.78 is 0. The highest BCUT2D eigenvalue weighted by atomic mass is 16.1. The molecule has 0 amide bonds. The van der Waals surface area contributed by atoms with Gasteiger partial charge in [-0.3, -0.25) is 4.79 Å². The Morgan fingerprint density at radius 1 is 1.07 bits per heavy atom. The Morgan fingerprint density at radius 3 is 2.20 bits per heavy atom. The van der Waals surface area contributed by atoms with Crippen molar-refractivity contribution in [2.24, 2.45) is 0 Å². The normalized spacial score (nSPS) is 12.7. The highest BCUT2D eigenvalue weighted by Gasteiger charge is 1.90. The molecule has 1 aromatic carbocycles. The molecule has 0 spiro atoms. The van der Waals surface area contributed by atoms with Crippen LogP contribution in [0, 0.1) is 6.92 Å². The fraction of sp³-hybridized carbons (Fsp3) is 0.214. The van der Waals surface area contributed by atoms with E-state index in [4.69, 9.17) is 0 Å². The summed E-state index contributed by atoms with van der Waals surface area (Å²) in [5.74, 6) is 0. The van der Waals surface area contributed by atoms with Crippen LogP contribution >= 0.6 is 0 Å². The van der Waals surface area contributed by atoms with Gasteiger partial charge in [-0.25, -0.2) is 0 Å². The van der Waals surface area contributed by atoms with E-state index in [2.05, 4.69) is 37.3 Å². The predicted octanol–water partition coefficient (Wildman–Crippen LogP) is 3.54. The molecule has 0 atom stereocenters. The van der Waals surface area contributed by atoms with Crippen molar-refractivity contribution in [1.82, 2.24) is 0 Å². The van der Waals surface area contributed by atoms with Gasteiger partial charge in [0.2, 0.25) is 0 Å². The topological polar surface area (TPSA) is 17.1 Å². The van der Waals surface area contributed by atoms with E-state index in [0.717, 1.165) is 23.0 Å². The number of aldehydes is 1. The van der Waals surface area contributed by atoms with Crippen molar-refractivity contribution in [3.8, 4) is 0 Å². The zero-order chi connectivity index (χ0) is 11.3. The van der Waals surface area contributed by atoms with Gasteiger partial charge in [-0.15, -0.1) is 0 Å². The summed E-state index contributed by atoms with van der Waals surface area (Å²) in [4.78, 5) is 10.4. The molecule has 0 fully saturated rings. The number of allylic oxidation sites excluding steroid dienone is 3. The molecule has 0 aliphatic carbocycles. The molecule has 15 heavy (non-hydrogen) atoms.